The molecule has 0 fully saturated rings. The van der Waals surface area contributed by atoms with Gasteiger partial charge in [0.05, 0.1) is 0 Å². The van der Waals surface area contributed by atoms with E-state index in [4.69, 9.17) is 5.11 Å². The lowest BCUT2D eigenvalue weighted by Gasteiger charge is -2.06. The zero-order chi connectivity index (χ0) is 8.27. The third-order valence-electron chi connectivity index (χ3n) is 1.76. The van der Waals surface area contributed by atoms with Crippen LogP contribution in [0.5, 0.6) is 0 Å². The highest BCUT2D eigenvalue weighted by atomic mass is 16.3. The molecule has 0 aliphatic heterocycles. The first-order chi connectivity index (χ1) is 5.24. The van der Waals surface area contributed by atoms with Crippen molar-refractivity contribution < 1.29 is 5.11 Å². The molecule has 1 aromatic rings. The molecule has 1 aromatic heterocycles. The number of hydrogen-bond donors (Lipinski definition) is 1. The number of nitrogens with zero attached hydrogens (tertiary/aromatic N) is 2. The number of aromatic nitrogens is 2. The summed E-state index contributed by atoms with van der Waals surface area (Å²) in [7, 11) is 1.96. The Bertz CT molecular complexity index is 220. The van der Waals surface area contributed by atoms with Gasteiger partial charge in [-0.05, 0) is 5.92 Å². The normalized spacial score (nSPS) is 13.4. The number of rotatable bonds is 3. The van der Waals surface area contributed by atoms with Crippen molar-refractivity contribution in [2.24, 2.45) is 13.0 Å². The summed E-state index contributed by atoms with van der Waals surface area (Å²) < 4.78 is 1.98. The van der Waals surface area contributed by atoms with Crippen LogP contribution in [0.4, 0.5) is 0 Å². The largest absolute Gasteiger partial charge is 0.396 e. The van der Waals surface area contributed by atoms with Gasteiger partial charge in [0, 0.05) is 32.5 Å². The fourth-order valence-corrected chi connectivity index (χ4v) is 0.969. The maximum Gasteiger partial charge on any atom is 0.108 e. The van der Waals surface area contributed by atoms with E-state index in [2.05, 4.69) is 4.98 Å². The van der Waals surface area contributed by atoms with Gasteiger partial charge in [0.15, 0.2) is 0 Å². The van der Waals surface area contributed by atoms with E-state index in [-0.39, 0.29) is 6.61 Å². The molecule has 62 valence electrons. The Labute approximate surface area is 66.7 Å². The molecule has 0 aromatic carbocycles. The molecular weight excluding hydrogens is 140 g/mol. The number of hydrogen-bond acceptors (Lipinski definition) is 2. The van der Waals surface area contributed by atoms with Crippen LogP contribution in [-0.2, 0) is 13.5 Å². The Morgan fingerprint density at radius 3 is 2.91 bits per heavy atom. The summed E-state index contributed by atoms with van der Waals surface area (Å²) in [5.41, 5.74) is 0. The summed E-state index contributed by atoms with van der Waals surface area (Å²) in [5.74, 6) is 1.34. The Hall–Kier alpha value is -0.830. The molecule has 1 unspecified atom stereocenters. The number of aliphatic hydroxyl groups excluding tert-OH is 1. The minimum Gasteiger partial charge on any atom is -0.396 e. The molecule has 0 aliphatic rings. The van der Waals surface area contributed by atoms with Crippen LogP contribution in [0.15, 0.2) is 12.4 Å². The lowest BCUT2D eigenvalue weighted by Crippen LogP contribution is -2.08. The van der Waals surface area contributed by atoms with Crippen LogP contribution in [-0.4, -0.2) is 21.3 Å². The van der Waals surface area contributed by atoms with Crippen molar-refractivity contribution in [3.63, 3.8) is 0 Å². The molecule has 0 spiro atoms. The van der Waals surface area contributed by atoms with Crippen LogP contribution < -0.4 is 0 Å². The molecule has 0 saturated carbocycles. The van der Waals surface area contributed by atoms with Crippen molar-refractivity contribution in [3.05, 3.63) is 18.2 Å². The number of aliphatic hydroxyl groups is 1. The monoisotopic (exact) mass is 154 g/mol. The lowest BCUT2D eigenvalue weighted by atomic mass is 10.1. The fourth-order valence-electron chi connectivity index (χ4n) is 0.969. The maximum absolute atomic E-state index is 8.79. The lowest BCUT2D eigenvalue weighted by molar-refractivity contribution is 0.234. The van der Waals surface area contributed by atoms with Gasteiger partial charge in [-0.25, -0.2) is 4.98 Å². The van der Waals surface area contributed by atoms with E-state index >= 15 is 0 Å². The average molecular weight is 154 g/mol. The van der Waals surface area contributed by atoms with Crippen molar-refractivity contribution in [1.82, 2.24) is 9.55 Å². The topological polar surface area (TPSA) is 38.1 Å². The highest BCUT2D eigenvalue weighted by Crippen LogP contribution is 2.03. The Balaban J connectivity index is 2.56. The standard InChI is InChI=1S/C8H14N2O/c1-7(6-11)5-8-9-3-4-10(8)2/h3-4,7,11H,5-6H2,1-2H3. The molecule has 1 atom stereocenters. The van der Waals surface area contributed by atoms with E-state index in [1.54, 1.807) is 6.20 Å². The average Bonchev–Trinajstić information content (AvgIpc) is 2.37. The van der Waals surface area contributed by atoms with E-state index in [1.165, 1.54) is 0 Å². The fraction of sp³-hybridized carbons (Fsp3) is 0.625. The smallest absolute Gasteiger partial charge is 0.108 e. The second-order valence-corrected chi connectivity index (χ2v) is 2.95. The molecule has 1 rings (SSSR count). The van der Waals surface area contributed by atoms with Gasteiger partial charge in [-0.15, -0.1) is 0 Å². The van der Waals surface area contributed by atoms with Crippen LogP contribution in [0.3, 0.4) is 0 Å². The van der Waals surface area contributed by atoms with Gasteiger partial charge in [0.1, 0.15) is 5.82 Å². The summed E-state index contributed by atoms with van der Waals surface area (Å²) >= 11 is 0. The summed E-state index contributed by atoms with van der Waals surface area (Å²) in [5, 5.41) is 8.79. The molecular formula is C8H14N2O. The highest BCUT2D eigenvalue weighted by molar-refractivity contribution is 4.92. The van der Waals surface area contributed by atoms with Gasteiger partial charge >= 0.3 is 0 Å². The van der Waals surface area contributed by atoms with Gasteiger partial charge in [-0.3, -0.25) is 0 Å². The molecule has 0 bridgehead atoms. The van der Waals surface area contributed by atoms with Gasteiger partial charge in [0.25, 0.3) is 0 Å². The molecule has 11 heavy (non-hydrogen) atoms. The zero-order valence-electron chi connectivity index (χ0n) is 6.99. The van der Waals surface area contributed by atoms with Gasteiger partial charge in [-0.1, -0.05) is 6.92 Å². The molecule has 1 N–H and O–H groups in total. The zero-order valence-corrected chi connectivity index (χ0v) is 6.99. The van der Waals surface area contributed by atoms with Crippen LogP contribution in [0.2, 0.25) is 0 Å². The molecule has 0 radical (unpaired) electrons. The van der Waals surface area contributed by atoms with Crippen LogP contribution >= 0.6 is 0 Å². The van der Waals surface area contributed by atoms with E-state index in [9.17, 15) is 0 Å². The SMILES string of the molecule is CC(CO)Cc1nccn1C. The highest BCUT2D eigenvalue weighted by Gasteiger charge is 2.04. The third kappa shape index (κ3) is 2.05. The number of aryl methyl sites for hydroxylation is 1. The van der Waals surface area contributed by atoms with E-state index < -0.39 is 0 Å². The van der Waals surface area contributed by atoms with Crippen molar-refractivity contribution in [3.8, 4) is 0 Å². The Morgan fingerprint density at radius 2 is 2.45 bits per heavy atom. The summed E-state index contributed by atoms with van der Waals surface area (Å²) in [6.07, 6.45) is 4.54. The predicted molar refractivity (Wildman–Crippen MR) is 43.2 cm³/mol. The third-order valence-corrected chi connectivity index (χ3v) is 1.76. The summed E-state index contributed by atoms with van der Waals surface area (Å²) in [6.45, 7) is 2.24. The van der Waals surface area contributed by atoms with Gasteiger partial charge in [-0.2, -0.15) is 0 Å². The first-order valence-electron chi connectivity index (χ1n) is 3.81. The van der Waals surface area contributed by atoms with E-state index in [0.717, 1.165) is 12.2 Å². The van der Waals surface area contributed by atoms with Crippen molar-refractivity contribution in [1.29, 1.82) is 0 Å². The second-order valence-electron chi connectivity index (χ2n) is 2.95. The van der Waals surface area contributed by atoms with Crippen molar-refractivity contribution in [2.45, 2.75) is 13.3 Å². The molecule has 0 saturated heterocycles. The minimum atomic E-state index is 0.229. The van der Waals surface area contributed by atoms with Crippen LogP contribution in [0.25, 0.3) is 0 Å². The van der Waals surface area contributed by atoms with Crippen molar-refractivity contribution in [2.75, 3.05) is 6.61 Å². The first-order valence-corrected chi connectivity index (χ1v) is 3.81. The van der Waals surface area contributed by atoms with Crippen molar-refractivity contribution >= 4 is 0 Å². The number of imidazole rings is 1. The summed E-state index contributed by atoms with van der Waals surface area (Å²) in [6, 6.07) is 0. The quantitative estimate of drug-likeness (QED) is 0.692. The second kappa shape index (κ2) is 3.53. The summed E-state index contributed by atoms with van der Waals surface area (Å²) in [4.78, 5) is 4.16. The van der Waals surface area contributed by atoms with Gasteiger partial charge in [0.2, 0.25) is 0 Å². The maximum atomic E-state index is 8.79. The molecule has 3 nitrogen and oxygen atoms in total. The molecule has 3 heteroatoms. The first kappa shape index (κ1) is 8.27. The van der Waals surface area contributed by atoms with Crippen LogP contribution in [0, 0.1) is 5.92 Å². The Morgan fingerprint density at radius 1 is 1.73 bits per heavy atom. The minimum absolute atomic E-state index is 0.229. The van der Waals surface area contributed by atoms with Gasteiger partial charge < -0.3 is 9.67 Å². The Kier molecular flexibility index (Phi) is 2.65. The molecule has 0 aliphatic carbocycles. The van der Waals surface area contributed by atoms with Crippen LogP contribution in [0.1, 0.15) is 12.7 Å². The molecule has 0 amide bonds. The molecule has 1 heterocycles. The van der Waals surface area contributed by atoms with E-state index in [1.807, 2.05) is 24.7 Å². The predicted octanol–water partition coefficient (Wildman–Crippen LogP) is 0.591. The van der Waals surface area contributed by atoms with E-state index in [0.29, 0.717) is 5.92 Å².